The molecule has 1 atom stereocenters. The summed E-state index contributed by atoms with van der Waals surface area (Å²) in [5.41, 5.74) is 3.58. The minimum Gasteiger partial charge on any atom is -0.376 e. The van der Waals surface area contributed by atoms with Gasteiger partial charge in [-0.25, -0.2) is 4.39 Å². The van der Waals surface area contributed by atoms with Gasteiger partial charge in [-0.15, -0.1) is 0 Å². The molecule has 0 radical (unpaired) electrons. The molecule has 1 aliphatic rings. The lowest BCUT2D eigenvalue weighted by atomic mass is 10.2. The van der Waals surface area contributed by atoms with E-state index in [2.05, 4.69) is 15.7 Å². The Balaban J connectivity index is 1.63. The molecule has 2 N–H and O–H groups in total. The monoisotopic (exact) mass is 362 g/mol. The lowest BCUT2D eigenvalue weighted by molar-refractivity contribution is 0.114. The number of nitrogens with one attached hydrogen (secondary N) is 2. The van der Waals surface area contributed by atoms with Crippen LogP contribution < -0.4 is 10.6 Å². The van der Waals surface area contributed by atoms with Gasteiger partial charge in [0.1, 0.15) is 5.82 Å². The highest BCUT2D eigenvalue weighted by Gasteiger charge is 2.17. The molecule has 0 spiro atoms. The van der Waals surface area contributed by atoms with Crippen molar-refractivity contribution >= 4 is 23.0 Å². The molecule has 7 heteroatoms. The predicted octanol–water partition coefficient (Wildman–Crippen LogP) is 3.15. The van der Waals surface area contributed by atoms with Crippen LogP contribution in [0.2, 0.25) is 0 Å². The molecule has 1 aromatic heterocycles. The van der Waals surface area contributed by atoms with Gasteiger partial charge < -0.3 is 15.4 Å². The summed E-state index contributed by atoms with van der Waals surface area (Å²) in [5, 5.41) is 11.5. The molecule has 2 heterocycles. The zero-order valence-electron chi connectivity index (χ0n) is 14.5. The number of hydrogen-bond acceptors (Lipinski definition) is 3. The summed E-state index contributed by atoms with van der Waals surface area (Å²) in [5.74, 6) is -0.239. The molecule has 5 nitrogen and oxygen atoms in total. The number of aryl methyl sites for hydroxylation is 1. The standard InChI is InChI=1S/C18H23FN4OS/c1-12-17(21-18(25)20-10-16-7-4-8-24-16)13(2)23(22-12)11-14-5-3-6-15(19)9-14/h3,5-6,9,16H,4,7-8,10-11H2,1-2H3,(H2,20,21,25). The van der Waals surface area contributed by atoms with Gasteiger partial charge >= 0.3 is 0 Å². The minimum absolute atomic E-state index is 0.234. The van der Waals surface area contributed by atoms with Crippen molar-refractivity contribution < 1.29 is 9.13 Å². The Kier molecular flexibility index (Phi) is 5.65. The van der Waals surface area contributed by atoms with Crippen molar-refractivity contribution in [2.24, 2.45) is 0 Å². The fourth-order valence-electron chi connectivity index (χ4n) is 3.01. The Morgan fingerprint density at radius 1 is 1.44 bits per heavy atom. The summed E-state index contributed by atoms with van der Waals surface area (Å²) in [6, 6.07) is 6.56. The van der Waals surface area contributed by atoms with Crippen LogP contribution in [0, 0.1) is 19.7 Å². The lowest BCUT2D eigenvalue weighted by Gasteiger charge is -2.14. The van der Waals surface area contributed by atoms with Crippen molar-refractivity contribution in [1.82, 2.24) is 15.1 Å². The van der Waals surface area contributed by atoms with Gasteiger partial charge in [0.25, 0.3) is 0 Å². The first-order valence-electron chi connectivity index (χ1n) is 8.48. The third-order valence-corrected chi connectivity index (χ3v) is 4.60. The van der Waals surface area contributed by atoms with Gasteiger partial charge in [0.2, 0.25) is 0 Å². The maximum absolute atomic E-state index is 13.4. The van der Waals surface area contributed by atoms with Crippen molar-refractivity contribution in [2.45, 2.75) is 39.3 Å². The Hall–Kier alpha value is -1.99. The third-order valence-electron chi connectivity index (χ3n) is 4.36. The molecule has 2 aromatic rings. The van der Waals surface area contributed by atoms with Gasteiger partial charge in [0.05, 0.1) is 29.7 Å². The van der Waals surface area contributed by atoms with E-state index < -0.39 is 0 Å². The number of halogens is 1. The average molecular weight is 362 g/mol. The summed E-state index contributed by atoms with van der Waals surface area (Å²) in [6.07, 6.45) is 2.41. The number of nitrogens with zero attached hydrogens (tertiary/aromatic N) is 2. The van der Waals surface area contributed by atoms with E-state index in [1.165, 1.54) is 12.1 Å². The first kappa shape index (κ1) is 17.8. The van der Waals surface area contributed by atoms with Crippen LogP contribution in [-0.2, 0) is 11.3 Å². The summed E-state index contributed by atoms with van der Waals surface area (Å²) < 4.78 is 20.8. The highest BCUT2D eigenvalue weighted by molar-refractivity contribution is 7.80. The van der Waals surface area contributed by atoms with Gasteiger partial charge in [-0.1, -0.05) is 12.1 Å². The van der Waals surface area contributed by atoms with Crippen molar-refractivity contribution in [3.05, 3.63) is 47.0 Å². The average Bonchev–Trinajstić information content (AvgIpc) is 3.17. The van der Waals surface area contributed by atoms with Gasteiger partial charge in [-0.2, -0.15) is 5.10 Å². The Bertz CT molecular complexity index is 756. The molecule has 0 amide bonds. The number of aromatic nitrogens is 2. The van der Waals surface area contributed by atoms with Crippen LogP contribution in [0.1, 0.15) is 29.8 Å². The molecule has 134 valence electrons. The summed E-state index contributed by atoms with van der Waals surface area (Å²) in [4.78, 5) is 0. The summed E-state index contributed by atoms with van der Waals surface area (Å²) in [7, 11) is 0. The largest absolute Gasteiger partial charge is 0.376 e. The second-order valence-electron chi connectivity index (χ2n) is 6.30. The molecule has 1 unspecified atom stereocenters. The molecule has 0 bridgehead atoms. The molecule has 1 saturated heterocycles. The van der Waals surface area contributed by atoms with E-state index in [9.17, 15) is 4.39 Å². The first-order chi connectivity index (χ1) is 12.0. The third kappa shape index (κ3) is 4.55. The number of hydrogen-bond donors (Lipinski definition) is 2. The molecule has 1 fully saturated rings. The minimum atomic E-state index is -0.239. The Morgan fingerprint density at radius 3 is 3.00 bits per heavy atom. The second-order valence-corrected chi connectivity index (χ2v) is 6.71. The van der Waals surface area contributed by atoms with Crippen LogP contribution >= 0.6 is 12.2 Å². The van der Waals surface area contributed by atoms with Gasteiger partial charge in [0, 0.05) is 13.2 Å². The molecule has 1 aliphatic heterocycles. The van der Waals surface area contributed by atoms with Crippen LogP contribution in [0.3, 0.4) is 0 Å². The molecule has 1 aromatic carbocycles. The summed E-state index contributed by atoms with van der Waals surface area (Å²) in [6.45, 7) is 5.96. The Morgan fingerprint density at radius 2 is 2.28 bits per heavy atom. The van der Waals surface area contributed by atoms with E-state index in [4.69, 9.17) is 17.0 Å². The van der Waals surface area contributed by atoms with Gasteiger partial charge in [-0.05, 0) is 56.6 Å². The first-order valence-corrected chi connectivity index (χ1v) is 8.88. The number of rotatable bonds is 5. The van der Waals surface area contributed by atoms with E-state index in [1.54, 1.807) is 6.07 Å². The van der Waals surface area contributed by atoms with E-state index in [1.807, 2.05) is 24.6 Å². The van der Waals surface area contributed by atoms with Gasteiger partial charge in [0.15, 0.2) is 5.11 Å². The normalized spacial score (nSPS) is 16.8. The van der Waals surface area contributed by atoms with E-state index in [0.717, 1.165) is 42.1 Å². The topological polar surface area (TPSA) is 51.1 Å². The van der Waals surface area contributed by atoms with Crippen LogP contribution in [0.15, 0.2) is 24.3 Å². The SMILES string of the molecule is Cc1nn(Cc2cccc(F)c2)c(C)c1NC(=S)NCC1CCCO1. The quantitative estimate of drug-likeness (QED) is 0.801. The van der Waals surface area contributed by atoms with Crippen molar-refractivity contribution in [3.8, 4) is 0 Å². The summed E-state index contributed by atoms with van der Waals surface area (Å²) >= 11 is 5.38. The van der Waals surface area contributed by atoms with Gasteiger partial charge in [-0.3, -0.25) is 4.68 Å². The van der Waals surface area contributed by atoms with Crippen molar-refractivity contribution in [3.63, 3.8) is 0 Å². The Labute approximate surface area is 152 Å². The predicted molar refractivity (Wildman–Crippen MR) is 100 cm³/mol. The van der Waals surface area contributed by atoms with Crippen LogP contribution in [-0.4, -0.2) is 34.1 Å². The fourth-order valence-corrected chi connectivity index (χ4v) is 3.20. The smallest absolute Gasteiger partial charge is 0.170 e. The zero-order chi connectivity index (χ0) is 17.8. The molecule has 0 aliphatic carbocycles. The van der Waals surface area contributed by atoms with Crippen LogP contribution in [0.5, 0.6) is 0 Å². The molecular weight excluding hydrogens is 339 g/mol. The van der Waals surface area contributed by atoms with Crippen LogP contribution in [0.4, 0.5) is 10.1 Å². The van der Waals surface area contributed by atoms with E-state index in [-0.39, 0.29) is 11.9 Å². The van der Waals surface area contributed by atoms with Crippen molar-refractivity contribution in [1.29, 1.82) is 0 Å². The second kappa shape index (κ2) is 7.93. The van der Waals surface area contributed by atoms with E-state index in [0.29, 0.717) is 18.2 Å². The highest BCUT2D eigenvalue weighted by atomic mass is 32.1. The molecular formula is C18H23FN4OS. The number of thiocarbonyl (C=S) groups is 1. The van der Waals surface area contributed by atoms with Crippen LogP contribution in [0.25, 0.3) is 0 Å². The zero-order valence-corrected chi connectivity index (χ0v) is 15.3. The molecule has 0 saturated carbocycles. The van der Waals surface area contributed by atoms with Crippen molar-refractivity contribution in [2.75, 3.05) is 18.5 Å². The van der Waals surface area contributed by atoms with E-state index >= 15 is 0 Å². The fraction of sp³-hybridized carbons (Fsp3) is 0.444. The molecule has 3 rings (SSSR count). The highest BCUT2D eigenvalue weighted by Crippen LogP contribution is 2.20. The maximum atomic E-state index is 13.4. The molecule has 25 heavy (non-hydrogen) atoms. The maximum Gasteiger partial charge on any atom is 0.170 e. The number of benzene rings is 1. The number of ether oxygens (including phenoxy) is 1. The number of anilines is 1. The lowest BCUT2D eigenvalue weighted by Crippen LogP contribution is -2.35.